The van der Waals surface area contributed by atoms with E-state index in [0.717, 1.165) is 17.6 Å². The number of benzene rings is 2. The maximum absolute atomic E-state index is 10.6. The van der Waals surface area contributed by atoms with E-state index in [9.17, 15) is 9.90 Å². The van der Waals surface area contributed by atoms with Crippen LogP contribution in [0, 0.1) is 0 Å². The number of aliphatic hydroxyl groups excluding tert-OH is 1. The van der Waals surface area contributed by atoms with Gasteiger partial charge in [0.2, 0.25) is 0 Å². The molecule has 0 aliphatic carbocycles. The Balaban J connectivity index is 1.41. The predicted octanol–water partition coefficient (Wildman–Crippen LogP) is 2.52. The summed E-state index contributed by atoms with van der Waals surface area (Å²) in [5.41, 5.74) is 0.877. The Hall–Kier alpha value is -2.12. The maximum atomic E-state index is 10.6. The van der Waals surface area contributed by atoms with Gasteiger partial charge in [-0.1, -0.05) is 23.7 Å². The van der Waals surface area contributed by atoms with Crippen molar-refractivity contribution in [3.8, 4) is 11.5 Å². The van der Waals surface area contributed by atoms with Crippen LogP contribution < -0.4 is 9.47 Å². The van der Waals surface area contributed by atoms with Crippen LogP contribution >= 0.6 is 11.6 Å². The second kappa shape index (κ2) is 9.71. The number of halogens is 1. The van der Waals surface area contributed by atoms with E-state index >= 15 is 0 Å². The number of hydrogen-bond acceptors (Lipinski definition) is 6. The van der Waals surface area contributed by atoms with Crippen LogP contribution in [-0.4, -0.2) is 55.0 Å². The van der Waals surface area contributed by atoms with Crippen LogP contribution in [0.5, 0.6) is 11.5 Å². The summed E-state index contributed by atoms with van der Waals surface area (Å²) in [6.07, 6.45) is 0.366. The van der Waals surface area contributed by atoms with E-state index in [0.29, 0.717) is 36.9 Å². The number of carbonyl (C=O) groups is 1. The summed E-state index contributed by atoms with van der Waals surface area (Å²) in [5.74, 6) is 1.36. The first kappa shape index (κ1) is 19.6. The van der Waals surface area contributed by atoms with Crippen molar-refractivity contribution in [2.75, 3.05) is 26.3 Å². The average Bonchev–Trinajstić information content (AvgIpc) is 3.09. The summed E-state index contributed by atoms with van der Waals surface area (Å²) in [6, 6.07) is 14.4. The van der Waals surface area contributed by atoms with Crippen LogP contribution in [0.15, 0.2) is 48.5 Å². The van der Waals surface area contributed by atoms with E-state index in [4.69, 9.17) is 25.9 Å². The highest BCUT2D eigenvalue weighted by atomic mass is 35.5. The zero-order valence-corrected chi connectivity index (χ0v) is 15.5. The molecule has 1 N–H and O–H groups in total. The zero-order chi connectivity index (χ0) is 19.1. The topological polar surface area (TPSA) is 68.2 Å². The van der Waals surface area contributed by atoms with Crippen LogP contribution in [0.4, 0.5) is 0 Å². The van der Waals surface area contributed by atoms with E-state index in [1.54, 1.807) is 29.3 Å². The molecule has 6 nitrogen and oxygen atoms in total. The first-order chi connectivity index (χ1) is 13.1. The van der Waals surface area contributed by atoms with Crippen molar-refractivity contribution >= 4 is 17.9 Å². The fourth-order valence-electron chi connectivity index (χ4n) is 2.76. The number of hydroxylamine groups is 2. The van der Waals surface area contributed by atoms with Crippen molar-refractivity contribution in [2.45, 2.75) is 18.6 Å². The fourth-order valence-corrected chi connectivity index (χ4v) is 2.89. The molecule has 1 fully saturated rings. The molecule has 2 atom stereocenters. The number of rotatable bonds is 9. The number of hydrogen-bond donors (Lipinski definition) is 1. The lowest BCUT2D eigenvalue weighted by Gasteiger charge is -2.19. The first-order valence-corrected chi connectivity index (χ1v) is 9.13. The van der Waals surface area contributed by atoms with Crippen molar-refractivity contribution < 1.29 is 24.2 Å². The van der Waals surface area contributed by atoms with Crippen molar-refractivity contribution in [3.05, 3.63) is 59.1 Å². The van der Waals surface area contributed by atoms with Crippen molar-refractivity contribution in [3.63, 3.8) is 0 Å². The molecule has 1 heterocycles. The summed E-state index contributed by atoms with van der Waals surface area (Å²) in [4.78, 5) is 16.1. The molecule has 1 aliphatic heterocycles. The Kier molecular flexibility index (Phi) is 7.06. The molecule has 0 amide bonds. The van der Waals surface area contributed by atoms with Gasteiger partial charge in [-0.05, 0) is 42.0 Å². The highest BCUT2D eigenvalue weighted by Gasteiger charge is 2.27. The molecule has 0 radical (unpaired) electrons. The van der Waals surface area contributed by atoms with Gasteiger partial charge in [0.15, 0.2) is 0 Å². The predicted molar refractivity (Wildman–Crippen MR) is 101 cm³/mol. The molecular weight excluding hydrogens is 370 g/mol. The number of aldehydes is 1. The lowest BCUT2D eigenvalue weighted by molar-refractivity contribution is -0.131. The molecule has 0 bridgehead atoms. The quantitative estimate of drug-likeness (QED) is 0.662. The molecule has 1 saturated heterocycles. The highest BCUT2D eigenvalue weighted by molar-refractivity contribution is 6.30. The summed E-state index contributed by atoms with van der Waals surface area (Å²) in [5, 5.41) is 12.5. The summed E-state index contributed by atoms with van der Waals surface area (Å²) >= 11 is 5.86. The van der Waals surface area contributed by atoms with Crippen LogP contribution in [0.1, 0.15) is 5.56 Å². The van der Waals surface area contributed by atoms with Gasteiger partial charge in [-0.25, -0.2) is 0 Å². The molecule has 3 rings (SSSR count). The van der Waals surface area contributed by atoms with Gasteiger partial charge >= 0.3 is 0 Å². The van der Waals surface area contributed by atoms with E-state index in [1.165, 1.54) is 0 Å². The minimum absolute atomic E-state index is 0.112. The summed E-state index contributed by atoms with van der Waals surface area (Å²) in [7, 11) is 0. The van der Waals surface area contributed by atoms with Crippen LogP contribution in [0.3, 0.4) is 0 Å². The fraction of sp³-hybridized carbons (Fsp3) is 0.350. The van der Waals surface area contributed by atoms with Gasteiger partial charge < -0.3 is 19.4 Å². The van der Waals surface area contributed by atoms with Gasteiger partial charge in [0, 0.05) is 11.4 Å². The Morgan fingerprint density at radius 2 is 2.07 bits per heavy atom. The maximum Gasteiger partial charge on any atom is 0.139 e. The van der Waals surface area contributed by atoms with Crippen molar-refractivity contribution in [1.82, 2.24) is 5.06 Å². The van der Waals surface area contributed by atoms with Gasteiger partial charge in [0.1, 0.15) is 43.2 Å². The van der Waals surface area contributed by atoms with Gasteiger partial charge in [-0.15, -0.1) is 0 Å². The van der Waals surface area contributed by atoms with Crippen LogP contribution in [0.25, 0.3) is 0 Å². The molecule has 0 saturated carbocycles. The Morgan fingerprint density at radius 1 is 1.26 bits per heavy atom. The largest absolute Gasteiger partial charge is 0.491 e. The van der Waals surface area contributed by atoms with Crippen molar-refractivity contribution in [1.29, 1.82) is 0 Å². The number of ether oxygens (including phenoxy) is 2. The normalized spacial score (nSPS) is 18.2. The minimum Gasteiger partial charge on any atom is -0.491 e. The monoisotopic (exact) mass is 391 g/mol. The van der Waals surface area contributed by atoms with Gasteiger partial charge in [0.25, 0.3) is 0 Å². The summed E-state index contributed by atoms with van der Waals surface area (Å²) in [6.45, 7) is 1.42. The van der Waals surface area contributed by atoms with E-state index in [1.807, 2.05) is 24.3 Å². The van der Waals surface area contributed by atoms with Crippen LogP contribution in [-0.2, 0) is 16.1 Å². The van der Waals surface area contributed by atoms with E-state index in [2.05, 4.69) is 0 Å². The molecule has 2 aromatic rings. The van der Waals surface area contributed by atoms with Crippen LogP contribution in [0.2, 0.25) is 5.02 Å². The Morgan fingerprint density at radius 3 is 2.85 bits per heavy atom. The lowest BCUT2D eigenvalue weighted by Crippen LogP contribution is -2.34. The lowest BCUT2D eigenvalue weighted by atomic mass is 10.1. The van der Waals surface area contributed by atoms with Gasteiger partial charge in [0.05, 0.1) is 13.1 Å². The number of nitrogens with zero attached hydrogens (tertiary/aromatic N) is 1. The third kappa shape index (κ3) is 6.22. The second-order valence-electron chi connectivity index (χ2n) is 6.32. The number of β-amino-alcohol motifs (C(OH)–C–C–N with tert-alkyl or cyclic N) is 1. The van der Waals surface area contributed by atoms with Crippen molar-refractivity contribution in [2.24, 2.45) is 0 Å². The molecular formula is C20H22ClNO5. The summed E-state index contributed by atoms with van der Waals surface area (Å²) < 4.78 is 11.4. The smallest absolute Gasteiger partial charge is 0.139 e. The minimum atomic E-state index is -0.714. The molecule has 2 aromatic carbocycles. The Labute approximate surface area is 163 Å². The molecule has 0 aromatic heterocycles. The van der Waals surface area contributed by atoms with Gasteiger partial charge in [-0.3, -0.25) is 4.84 Å². The molecule has 7 heteroatoms. The second-order valence-corrected chi connectivity index (χ2v) is 6.76. The van der Waals surface area contributed by atoms with Gasteiger partial charge in [-0.2, -0.15) is 5.06 Å². The molecule has 0 spiro atoms. The first-order valence-electron chi connectivity index (χ1n) is 8.76. The van der Waals surface area contributed by atoms with E-state index < -0.39 is 6.10 Å². The standard InChI is InChI=1S/C20H22ClNO5/c21-16-4-6-18(7-5-16)27-20-12-22(26-14-20)11-17(24)13-25-19-3-1-2-15(10-19)8-9-23/h1-7,9-10,17,20,24H,8,11-14H2/t17-,20+/m0/s1. The molecule has 1 aliphatic rings. The average molecular weight is 392 g/mol. The molecule has 27 heavy (non-hydrogen) atoms. The molecule has 144 valence electrons. The SMILES string of the molecule is O=CCc1cccc(OC[C@@H](O)CN2C[C@@H](Oc3ccc(Cl)cc3)CO2)c1. The third-order valence-corrected chi connectivity index (χ3v) is 4.29. The molecule has 0 unspecified atom stereocenters. The van der Waals surface area contributed by atoms with E-state index in [-0.39, 0.29) is 12.7 Å². The number of carbonyl (C=O) groups excluding carboxylic acids is 1. The number of aliphatic hydroxyl groups is 1. The third-order valence-electron chi connectivity index (χ3n) is 4.04. The zero-order valence-electron chi connectivity index (χ0n) is 14.8. The Bertz CT molecular complexity index is 739. The highest BCUT2D eigenvalue weighted by Crippen LogP contribution is 2.19.